The van der Waals surface area contributed by atoms with E-state index >= 15 is 0 Å². The SMILES string of the molecule is O=C(O)[C@@H]1CN(C(=O)c2cccc3cc[nH]c23)CCO1. The van der Waals surface area contributed by atoms with Crippen molar-refractivity contribution < 1.29 is 19.4 Å². The minimum absolute atomic E-state index is 0.0747. The zero-order valence-electron chi connectivity index (χ0n) is 10.7. The second-order valence-corrected chi connectivity index (χ2v) is 4.70. The third-order valence-electron chi connectivity index (χ3n) is 3.45. The fourth-order valence-corrected chi connectivity index (χ4v) is 2.42. The molecule has 1 saturated heterocycles. The number of hydrogen-bond donors (Lipinski definition) is 2. The summed E-state index contributed by atoms with van der Waals surface area (Å²) in [6.07, 6.45) is 0.830. The molecule has 2 heterocycles. The number of benzene rings is 1. The predicted molar refractivity (Wildman–Crippen MR) is 71.6 cm³/mol. The smallest absolute Gasteiger partial charge is 0.334 e. The van der Waals surface area contributed by atoms with Crippen molar-refractivity contribution in [2.75, 3.05) is 19.7 Å². The highest BCUT2D eigenvalue weighted by Gasteiger charge is 2.30. The molecule has 3 rings (SSSR count). The number of carbonyl (C=O) groups is 2. The molecule has 1 amide bonds. The summed E-state index contributed by atoms with van der Waals surface area (Å²) in [6.45, 7) is 0.717. The first-order valence-corrected chi connectivity index (χ1v) is 6.36. The fraction of sp³-hybridized carbons (Fsp3) is 0.286. The highest BCUT2D eigenvalue weighted by atomic mass is 16.5. The van der Waals surface area contributed by atoms with Crippen molar-refractivity contribution in [3.8, 4) is 0 Å². The average Bonchev–Trinajstić information content (AvgIpc) is 2.95. The van der Waals surface area contributed by atoms with Crippen LogP contribution in [0, 0.1) is 0 Å². The molecule has 1 aromatic heterocycles. The lowest BCUT2D eigenvalue weighted by molar-refractivity contribution is -0.154. The largest absolute Gasteiger partial charge is 0.479 e. The number of amides is 1. The molecule has 0 unspecified atom stereocenters. The number of aromatic nitrogens is 1. The summed E-state index contributed by atoms with van der Waals surface area (Å²) in [5.41, 5.74) is 1.33. The van der Waals surface area contributed by atoms with E-state index in [4.69, 9.17) is 9.84 Å². The second-order valence-electron chi connectivity index (χ2n) is 4.70. The Morgan fingerprint density at radius 1 is 1.35 bits per heavy atom. The molecule has 1 aliphatic heterocycles. The molecule has 1 aliphatic rings. The first kappa shape index (κ1) is 12.7. The molecule has 2 aromatic rings. The summed E-state index contributed by atoms with van der Waals surface area (Å²) >= 11 is 0. The highest BCUT2D eigenvalue weighted by molar-refractivity contribution is 6.05. The number of rotatable bonds is 2. The number of fused-ring (bicyclic) bond motifs is 1. The van der Waals surface area contributed by atoms with Crippen LogP contribution < -0.4 is 0 Å². The van der Waals surface area contributed by atoms with E-state index in [1.807, 2.05) is 18.2 Å². The fourth-order valence-electron chi connectivity index (χ4n) is 2.42. The van der Waals surface area contributed by atoms with E-state index < -0.39 is 12.1 Å². The molecule has 0 radical (unpaired) electrons. The molecular weight excluding hydrogens is 260 g/mol. The first-order valence-electron chi connectivity index (χ1n) is 6.36. The minimum Gasteiger partial charge on any atom is -0.479 e. The van der Waals surface area contributed by atoms with Gasteiger partial charge in [0.05, 0.1) is 24.2 Å². The third kappa shape index (κ3) is 2.14. The van der Waals surface area contributed by atoms with E-state index in [9.17, 15) is 9.59 Å². The van der Waals surface area contributed by atoms with Gasteiger partial charge in [-0.15, -0.1) is 0 Å². The van der Waals surface area contributed by atoms with Crippen molar-refractivity contribution in [1.29, 1.82) is 0 Å². The normalized spacial score (nSPS) is 19.2. The Labute approximate surface area is 114 Å². The number of aliphatic carboxylic acids is 1. The van der Waals surface area contributed by atoms with Crippen LogP contribution in [0.25, 0.3) is 10.9 Å². The molecule has 0 spiro atoms. The average molecular weight is 274 g/mol. The highest BCUT2D eigenvalue weighted by Crippen LogP contribution is 2.19. The number of para-hydroxylation sites is 1. The summed E-state index contributed by atoms with van der Waals surface area (Å²) in [7, 11) is 0. The molecule has 1 aromatic carbocycles. The Morgan fingerprint density at radius 2 is 2.20 bits per heavy atom. The van der Waals surface area contributed by atoms with Gasteiger partial charge in [-0.2, -0.15) is 0 Å². The van der Waals surface area contributed by atoms with E-state index in [2.05, 4.69) is 4.98 Å². The summed E-state index contributed by atoms with van der Waals surface area (Å²) in [6, 6.07) is 7.37. The Morgan fingerprint density at radius 3 is 3.00 bits per heavy atom. The molecular formula is C14H14N2O4. The topological polar surface area (TPSA) is 82.6 Å². The van der Waals surface area contributed by atoms with Gasteiger partial charge in [0.2, 0.25) is 0 Å². The maximum Gasteiger partial charge on any atom is 0.334 e. The van der Waals surface area contributed by atoms with E-state index in [0.29, 0.717) is 12.1 Å². The Balaban J connectivity index is 1.88. The molecule has 2 N–H and O–H groups in total. The van der Waals surface area contributed by atoms with E-state index in [1.165, 1.54) is 4.90 Å². The molecule has 0 bridgehead atoms. The second kappa shape index (κ2) is 4.97. The lowest BCUT2D eigenvalue weighted by Gasteiger charge is -2.31. The number of H-pyrrole nitrogens is 1. The van der Waals surface area contributed by atoms with Gasteiger partial charge in [0.25, 0.3) is 5.91 Å². The van der Waals surface area contributed by atoms with E-state index in [-0.39, 0.29) is 19.1 Å². The van der Waals surface area contributed by atoms with Crippen LogP contribution in [-0.4, -0.2) is 52.7 Å². The predicted octanol–water partition coefficient (Wildman–Crippen LogP) is 1.09. The van der Waals surface area contributed by atoms with Gasteiger partial charge in [-0.25, -0.2) is 4.79 Å². The van der Waals surface area contributed by atoms with Crippen LogP contribution in [0.4, 0.5) is 0 Å². The van der Waals surface area contributed by atoms with Crippen molar-refractivity contribution in [3.05, 3.63) is 36.0 Å². The maximum absolute atomic E-state index is 12.5. The number of aromatic amines is 1. The standard InChI is InChI=1S/C14H14N2O4/c17-13(16-6-7-20-11(8-16)14(18)19)10-3-1-2-9-4-5-15-12(9)10/h1-5,11,15H,6-8H2,(H,18,19)/t11-/m0/s1. The number of ether oxygens (including phenoxy) is 1. The molecule has 0 saturated carbocycles. The van der Waals surface area contributed by atoms with Crippen molar-refractivity contribution in [3.63, 3.8) is 0 Å². The van der Waals surface area contributed by atoms with Gasteiger partial charge in [0, 0.05) is 18.1 Å². The Bertz CT molecular complexity index is 664. The summed E-state index contributed by atoms with van der Waals surface area (Å²) in [5.74, 6) is -1.21. The lowest BCUT2D eigenvalue weighted by Crippen LogP contribution is -2.48. The molecule has 20 heavy (non-hydrogen) atoms. The molecule has 1 fully saturated rings. The van der Waals surface area contributed by atoms with Crippen LogP contribution in [0.1, 0.15) is 10.4 Å². The quantitative estimate of drug-likeness (QED) is 0.859. The van der Waals surface area contributed by atoms with Crippen LogP contribution in [-0.2, 0) is 9.53 Å². The number of morpholine rings is 1. The maximum atomic E-state index is 12.5. The van der Waals surface area contributed by atoms with Crippen LogP contribution in [0.2, 0.25) is 0 Å². The van der Waals surface area contributed by atoms with Crippen LogP contribution in [0.3, 0.4) is 0 Å². The van der Waals surface area contributed by atoms with Gasteiger partial charge < -0.3 is 19.7 Å². The number of carboxylic acid groups (broad SMARTS) is 1. The summed E-state index contributed by atoms with van der Waals surface area (Å²) in [4.78, 5) is 28.1. The molecule has 1 atom stereocenters. The van der Waals surface area contributed by atoms with Gasteiger partial charge in [0.1, 0.15) is 0 Å². The Hall–Kier alpha value is -2.34. The van der Waals surface area contributed by atoms with Gasteiger partial charge in [-0.05, 0) is 12.1 Å². The van der Waals surface area contributed by atoms with Crippen LogP contribution in [0.15, 0.2) is 30.5 Å². The van der Waals surface area contributed by atoms with E-state index in [0.717, 1.165) is 10.9 Å². The molecule has 104 valence electrons. The van der Waals surface area contributed by atoms with Crippen molar-refractivity contribution in [1.82, 2.24) is 9.88 Å². The molecule has 0 aliphatic carbocycles. The van der Waals surface area contributed by atoms with Crippen LogP contribution >= 0.6 is 0 Å². The van der Waals surface area contributed by atoms with Crippen molar-refractivity contribution in [2.45, 2.75) is 6.10 Å². The number of carboxylic acids is 1. The summed E-state index contributed by atoms with van der Waals surface area (Å²) in [5, 5.41) is 9.94. The zero-order chi connectivity index (χ0) is 14.1. The van der Waals surface area contributed by atoms with Gasteiger partial charge >= 0.3 is 5.97 Å². The molecule has 6 nitrogen and oxygen atoms in total. The zero-order valence-corrected chi connectivity index (χ0v) is 10.7. The monoisotopic (exact) mass is 274 g/mol. The van der Waals surface area contributed by atoms with Crippen molar-refractivity contribution in [2.24, 2.45) is 0 Å². The van der Waals surface area contributed by atoms with E-state index in [1.54, 1.807) is 12.3 Å². The number of nitrogens with zero attached hydrogens (tertiary/aromatic N) is 1. The van der Waals surface area contributed by atoms with Crippen LogP contribution in [0.5, 0.6) is 0 Å². The first-order chi connectivity index (χ1) is 9.66. The summed E-state index contributed by atoms with van der Waals surface area (Å²) < 4.78 is 5.13. The molecule has 6 heteroatoms. The number of carbonyl (C=O) groups excluding carboxylic acids is 1. The Kier molecular flexibility index (Phi) is 3.15. The number of hydrogen-bond acceptors (Lipinski definition) is 3. The van der Waals surface area contributed by atoms with Gasteiger partial charge in [0.15, 0.2) is 6.10 Å². The van der Waals surface area contributed by atoms with Gasteiger partial charge in [-0.1, -0.05) is 12.1 Å². The van der Waals surface area contributed by atoms with Crippen molar-refractivity contribution >= 4 is 22.8 Å². The minimum atomic E-state index is -1.04. The number of nitrogens with one attached hydrogen (secondary N) is 1. The third-order valence-corrected chi connectivity index (χ3v) is 3.45. The lowest BCUT2D eigenvalue weighted by atomic mass is 10.1. The van der Waals surface area contributed by atoms with Gasteiger partial charge in [-0.3, -0.25) is 4.79 Å².